The Labute approximate surface area is 221 Å². The number of carboxylic acids is 1. The highest BCUT2D eigenvalue weighted by Crippen LogP contribution is 2.37. The van der Waals surface area contributed by atoms with Crippen molar-refractivity contribution >= 4 is 18.0 Å². The first-order valence-corrected chi connectivity index (χ1v) is 13.2. The van der Waals surface area contributed by atoms with Crippen molar-refractivity contribution in [3.63, 3.8) is 0 Å². The lowest BCUT2D eigenvalue weighted by Gasteiger charge is -2.32. The molecule has 3 unspecified atom stereocenters. The number of hydrogen-bond acceptors (Lipinski definition) is 4. The molecule has 2 aromatic carbocycles. The molecule has 0 bridgehead atoms. The second-order valence-electron chi connectivity index (χ2n) is 10.3. The highest BCUT2D eigenvalue weighted by molar-refractivity contribution is 5.86. The van der Waals surface area contributed by atoms with Gasteiger partial charge in [0.15, 0.2) is 0 Å². The third kappa shape index (κ3) is 9.90. The van der Waals surface area contributed by atoms with Crippen LogP contribution < -0.4 is 5.32 Å². The topological polar surface area (TPSA) is 95.9 Å². The molecule has 0 radical (unpaired) electrons. The van der Waals surface area contributed by atoms with Gasteiger partial charge in [0, 0.05) is 19.5 Å². The summed E-state index contributed by atoms with van der Waals surface area (Å²) in [4.78, 5) is 37.4. The molecule has 1 heterocycles. The van der Waals surface area contributed by atoms with Crippen LogP contribution in [0, 0.1) is 11.8 Å². The number of amides is 2. The molecular formula is C30H42N2O5. The Bertz CT molecular complexity index is 1030. The summed E-state index contributed by atoms with van der Waals surface area (Å²) in [5.74, 6) is -0.283. The maximum Gasteiger partial charge on any atom is 0.408 e. The number of aliphatic carboxylic acids is 1. The quantitative estimate of drug-likeness (QED) is 0.557. The Morgan fingerprint density at radius 3 is 2.11 bits per heavy atom. The van der Waals surface area contributed by atoms with Crippen LogP contribution in [0.4, 0.5) is 4.79 Å². The molecular weight excluding hydrogens is 468 g/mol. The molecule has 0 saturated heterocycles. The van der Waals surface area contributed by atoms with Gasteiger partial charge in [-0.05, 0) is 56.2 Å². The van der Waals surface area contributed by atoms with Crippen LogP contribution in [0.2, 0.25) is 0 Å². The van der Waals surface area contributed by atoms with Gasteiger partial charge in [-0.1, -0.05) is 75.4 Å². The number of benzene rings is 2. The van der Waals surface area contributed by atoms with Crippen LogP contribution in [-0.2, 0) is 33.7 Å². The zero-order chi connectivity index (χ0) is 27.6. The fourth-order valence-corrected chi connectivity index (χ4v) is 4.07. The van der Waals surface area contributed by atoms with Crippen molar-refractivity contribution in [2.45, 2.75) is 79.0 Å². The molecule has 202 valence electrons. The van der Waals surface area contributed by atoms with Crippen LogP contribution in [0.5, 0.6) is 0 Å². The van der Waals surface area contributed by atoms with Gasteiger partial charge in [0.05, 0.1) is 5.92 Å². The van der Waals surface area contributed by atoms with Crippen molar-refractivity contribution in [3.8, 4) is 0 Å². The van der Waals surface area contributed by atoms with Crippen LogP contribution in [0.15, 0.2) is 54.6 Å². The molecule has 0 aromatic heterocycles. The number of alkyl carbamates (subject to hydrolysis) is 1. The molecule has 2 amide bonds. The second-order valence-corrected chi connectivity index (χ2v) is 10.3. The minimum absolute atomic E-state index is 0.0139. The average Bonchev–Trinajstić information content (AvgIpc) is 3.61. The van der Waals surface area contributed by atoms with Gasteiger partial charge < -0.3 is 20.1 Å². The summed E-state index contributed by atoms with van der Waals surface area (Å²) < 4.78 is 5.38. The fraction of sp³-hybridized carbons (Fsp3) is 0.500. The molecule has 2 aliphatic rings. The van der Waals surface area contributed by atoms with Crippen molar-refractivity contribution in [1.82, 2.24) is 10.2 Å². The number of nitrogens with one attached hydrogen (secondary N) is 1. The third-order valence-corrected chi connectivity index (χ3v) is 6.14. The lowest BCUT2D eigenvalue weighted by molar-refractivity contribution is -0.138. The maximum absolute atomic E-state index is 13.3. The molecule has 7 heteroatoms. The van der Waals surface area contributed by atoms with Crippen molar-refractivity contribution in [3.05, 3.63) is 71.3 Å². The summed E-state index contributed by atoms with van der Waals surface area (Å²) in [6, 6.07) is 17.2. The van der Waals surface area contributed by atoms with Crippen LogP contribution >= 0.6 is 0 Å². The van der Waals surface area contributed by atoms with E-state index in [0.29, 0.717) is 25.4 Å². The van der Waals surface area contributed by atoms with E-state index in [1.165, 1.54) is 5.56 Å². The largest absolute Gasteiger partial charge is 0.481 e. The minimum atomic E-state index is -0.664. The zero-order valence-corrected chi connectivity index (χ0v) is 23.0. The van der Waals surface area contributed by atoms with E-state index in [1.54, 1.807) is 0 Å². The first-order valence-electron chi connectivity index (χ1n) is 13.2. The second kappa shape index (κ2) is 13.8. The van der Waals surface area contributed by atoms with Crippen molar-refractivity contribution < 1.29 is 24.2 Å². The fourth-order valence-electron chi connectivity index (χ4n) is 4.07. The Hall–Kier alpha value is -3.35. The van der Waals surface area contributed by atoms with E-state index in [2.05, 4.69) is 17.4 Å². The van der Waals surface area contributed by atoms with Gasteiger partial charge >= 0.3 is 12.1 Å². The Morgan fingerprint density at radius 1 is 1.03 bits per heavy atom. The van der Waals surface area contributed by atoms with Crippen molar-refractivity contribution in [2.24, 2.45) is 11.8 Å². The molecule has 3 atom stereocenters. The van der Waals surface area contributed by atoms with Crippen LogP contribution in [0.25, 0.3) is 0 Å². The van der Waals surface area contributed by atoms with Gasteiger partial charge in [-0.3, -0.25) is 9.59 Å². The van der Waals surface area contributed by atoms with Crippen LogP contribution in [0.1, 0.15) is 64.7 Å². The summed E-state index contributed by atoms with van der Waals surface area (Å²) >= 11 is 0. The van der Waals surface area contributed by atoms with Gasteiger partial charge in [-0.25, -0.2) is 4.79 Å². The van der Waals surface area contributed by atoms with Gasteiger partial charge in [0.2, 0.25) is 5.91 Å². The molecule has 1 saturated carbocycles. The number of carbonyl (C=O) groups excluding carboxylic acids is 2. The standard InChI is InChI=1S/C23H28N2O3.C5H8O2.C2H6/c1-23(2,3)28-22(27)24-20(15-17-9-5-4-6-10-17)21(26)25-14-13-18-11-7-8-12-19(18)16-25;1-3-2-4(3)5(6)7;1-2/h4-12,20H,13-16H2,1-3H3,(H,24,27);3-4H,2H2,1H3,(H,6,7);1-2H3. The van der Waals surface area contributed by atoms with E-state index in [1.807, 2.05) is 88.9 Å². The Morgan fingerprint density at radius 2 is 1.59 bits per heavy atom. The molecule has 2 aromatic rings. The average molecular weight is 511 g/mol. The van der Waals surface area contributed by atoms with Crippen molar-refractivity contribution in [1.29, 1.82) is 0 Å². The zero-order valence-electron chi connectivity index (χ0n) is 23.0. The summed E-state index contributed by atoms with van der Waals surface area (Å²) in [6.07, 6.45) is 1.57. The highest BCUT2D eigenvalue weighted by atomic mass is 16.6. The van der Waals surface area contributed by atoms with Gasteiger partial charge in [-0.15, -0.1) is 0 Å². The molecule has 1 aliphatic heterocycles. The predicted molar refractivity (Wildman–Crippen MR) is 145 cm³/mol. The Kier molecular flexibility index (Phi) is 11.2. The lowest BCUT2D eigenvalue weighted by atomic mass is 9.98. The first kappa shape index (κ1) is 29.9. The van der Waals surface area contributed by atoms with E-state index < -0.39 is 23.7 Å². The SMILES string of the molecule is CC.CC(C)(C)OC(=O)NC(Cc1ccccc1)C(=O)N1CCc2ccccc2C1.CC1CC1C(=O)O. The normalized spacial score (nSPS) is 18.5. The number of nitrogens with zero attached hydrogens (tertiary/aromatic N) is 1. The molecule has 0 spiro atoms. The smallest absolute Gasteiger partial charge is 0.408 e. The molecule has 1 fully saturated rings. The van der Waals surface area contributed by atoms with Gasteiger partial charge in [0.25, 0.3) is 0 Å². The molecule has 37 heavy (non-hydrogen) atoms. The summed E-state index contributed by atoms with van der Waals surface area (Å²) in [6.45, 7) is 12.6. The van der Waals surface area contributed by atoms with Gasteiger partial charge in [0.1, 0.15) is 11.6 Å². The number of carboxylic acid groups (broad SMARTS) is 1. The lowest BCUT2D eigenvalue weighted by Crippen LogP contribution is -2.51. The molecule has 2 N–H and O–H groups in total. The molecule has 1 aliphatic carbocycles. The monoisotopic (exact) mass is 510 g/mol. The van der Waals surface area contributed by atoms with Gasteiger partial charge in [-0.2, -0.15) is 0 Å². The number of ether oxygens (including phenoxy) is 1. The summed E-state index contributed by atoms with van der Waals surface area (Å²) in [5, 5.41) is 11.0. The molecule has 7 nitrogen and oxygen atoms in total. The van der Waals surface area contributed by atoms with E-state index >= 15 is 0 Å². The minimum Gasteiger partial charge on any atom is -0.481 e. The molecule has 4 rings (SSSR count). The van der Waals surface area contributed by atoms with Crippen LogP contribution in [-0.4, -0.2) is 46.2 Å². The van der Waals surface area contributed by atoms with E-state index in [-0.39, 0.29) is 11.8 Å². The predicted octanol–water partition coefficient (Wildman–Crippen LogP) is 5.46. The summed E-state index contributed by atoms with van der Waals surface area (Å²) in [5.41, 5.74) is 2.83. The summed E-state index contributed by atoms with van der Waals surface area (Å²) in [7, 11) is 0. The Balaban J connectivity index is 0.000000455. The highest BCUT2D eigenvalue weighted by Gasteiger charge is 2.39. The number of fused-ring (bicyclic) bond motifs is 1. The van der Waals surface area contributed by atoms with E-state index in [9.17, 15) is 14.4 Å². The number of carbonyl (C=O) groups is 3. The number of rotatable bonds is 5. The van der Waals surface area contributed by atoms with Crippen molar-refractivity contribution in [2.75, 3.05) is 6.54 Å². The number of hydrogen-bond donors (Lipinski definition) is 2. The van der Waals surface area contributed by atoms with E-state index in [0.717, 1.165) is 24.0 Å². The first-order chi connectivity index (χ1) is 17.5. The maximum atomic E-state index is 13.3. The van der Waals surface area contributed by atoms with E-state index in [4.69, 9.17) is 9.84 Å². The third-order valence-electron chi connectivity index (χ3n) is 6.14. The van der Waals surface area contributed by atoms with Crippen LogP contribution in [0.3, 0.4) is 0 Å².